The van der Waals surface area contributed by atoms with Gasteiger partial charge < -0.3 is 10.2 Å². The number of hydrogen-bond acceptors (Lipinski definition) is 1. The molecule has 2 amide bonds. The summed E-state index contributed by atoms with van der Waals surface area (Å²) in [7, 11) is 0. The predicted octanol–water partition coefficient (Wildman–Crippen LogP) is 4.32. The standard InChI is InChI=1S/C14H20Cl2N2O/c1-9(2)17-14(19)18(10(3)4)8-11-5-6-12(15)13(16)7-11/h5-7,9-10H,8H2,1-4H3,(H,17,19). The van der Waals surface area contributed by atoms with Crippen molar-refractivity contribution in [3.05, 3.63) is 33.8 Å². The summed E-state index contributed by atoms with van der Waals surface area (Å²) in [6.07, 6.45) is 0. The molecule has 0 aromatic heterocycles. The molecular weight excluding hydrogens is 283 g/mol. The Hall–Kier alpha value is -0.930. The van der Waals surface area contributed by atoms with Crippen molar-refractivity contribution in [3.8, 4) is 0 Å². The van der Waals surface area contributed by atoms with Gasteiger partial charge in [0.1, 0.15) is 0 Å². The Labute approximate surface area is 124 Å². The van der Waals surface area contributed by atoms with Crippen LogP contribution in [-0.2, 0) is 6.54 Å². The Kier molecular flexibility index (Phi) is 5.95. The lowest BCUT2D eigenvalue weighted by molar-refractivity contribution is 0.177. The van der Waals surface area contributed by atoms with E-state index >= 15 is 0 Å². The molecule has 0 atom stereocenters. The van der Waals surface area contributed by atoms with Crippen molar-refractivity contribution in [3.63, 3.8) is 0 Å². The predicted molar refractivity (Wildman–Crippen MR) is 80.8 cm³/mol. The van der Waals surface area contributed by atoms with E-state index in [1.165, 1.54) is 0 Å². The number of halogens is 2. The summed E-state index contributed by atoms with van der Waals surface area (Å²) in [4.78, 5) is 13.9. The minimum atomic E-state index is -0.0731. The third-order valence-corrected chi connectivity index (χ3v) is 3.37. The summed E-state index contributed by atoms with van der Waals surface area (Å²) in [5, 5.41) is 3.93. The molecule has 0 radical (unpaired) electrons. The molecular formula is C14H20Cl2N2O. The first-order valence-electron chi connectivity index (χ1n) is 6.32. The van der Waals surface area contributed by atoms with Crippen LogP contribution in [0.4, 0.5) is 4.79 Å². The number of urea groups is 1. The SMILES string of the molecule is CC(C)NC(=O)N(Cc1ccc(Cl)c(Cl)c1)C(C)C. The van der Waals surface area contributed by atoms with Crippen molar-refractivity contribution in [1.82, 2.24) is 10.2 Å². The minimum Gasteiger partial charge on any atom is -0.336 e. The second-order valence-corrected chi connectivity index (χ2v) is 5.89. The molecule has 1 aromatic carbocycles. The zero-order valence-electron chi connectivity index (χ0n) is 11.7. The van der Waals surface area contributed by atoms with Crippen molar-refractivity contribution in [2.24, 2.45) is 0 Å². The lowest BCUT2D eigenvalue weighted by Gasteiger charge is -2.28. The summed E-state index contributed by atoms with van der Waals surface area (Å²) in [6.45, 7) is 8.35. The van der Waals surface area contributed by atoms with Crippen molar-refractivity contribution >= 4 is 29.2 Å². The maximum absolute atomic E-state index is 12.1. The van der Waals surface area contributed by atoms with Crippen molar-refractivity contribution in [2.75, 3.05) is 0 Å². The average Bonchev–Trinajstić information content (AvgIpc) is 2.29. The van der Waals surface area contributed by atoms with Gasteiger partial charge in [0, 0.05) is 18.6 Å². The summed E-state index contributed by atoms with van der Waals surface area (Å²) >= 11 is 11.9. The van der Waals surface area contributed by atoms with Crippen LogP contribution < -0.4 is 5.32 Å². The number of hydrogen-bond donors (Lipinski definition) is 1. The van der Waals surface area contributed by atoms with E-state index in [0.29, 0.717) is 16.6 Å². The maximum Gasteiger partial charge on any atom is 0.318 e. The quantitative estimate of drug-likeness (QED) is 0.882. The van der Waals surface area contributed by atoms with E-state index in [9.17, 15) is 4.79 Å². The highest BCUT2D eigenvalue weighted by Gasteiger charge is 2.18. The molecule has 0 aliphatic rings. The Bertz CT molecular complexity index is 447. The van der Waals surface area contributed by atoms with Gasteiger partial charge in [-0.15, -0.1) is 0 Å². The monoisotopic (exact) mass is 302 g/mol. The van der Waals surface area contributed by atoms with Crippen LogP contribution in [-0.4, -0.2) is 23.0 Å². The van der Waals surface area contributed by atoms with Crippen LogP contribution >= 0.6 is 23.2 Å². The van der Waals surface area contributed by atoms with E-state index in [1.54, 1.807) is 17.0 Å². The van der Waals surface area contributed by atoms with Crippen molar-refractivity contribution in [1.29, 1.82) is 0 Å². The minimum absolute atomic E-state index is 0.0731. The van der Waals surface area contributed by atoms with E-state index in [2.05, 4.69) is 5.32 Å². The van der Waals surface area contributed by atoms with Gasteiger partial charge in [0.25, 0.3) is 0 Å². The molecule has 0 spiro atoms. The van der Waals surface area contributed by atoms with Gasteiger partial charge in [0.15, 0.2) is 0 Å². The molecule has 1 N–H and O–H groups in total. The van der Waals surface area contributed by atoms with Crippen LogP contribution in [0, 0.1) is 0 Å². The smallest absolute Gasteiger partial charge is 0.318 e. The molecule has 5 heteroatoms. The largest absolute Gasteiger partial charge is 0.336 e. The molecule has 0 heterocycles. The molecule has 19 heavy (non-hydrogen) atoms. The van der Waals surface area contributed by atoms with Gasteiger partial charge in [-0.1, -0.05) is 29.3 Å². The van der Waals surface area contributed by atoms with Gasteiger partial charge in [-0.05, 0) is 45.4 Å². The van der Waals surface area contributed by atoms with Gasteiger partial charge in [-0.2, -0.15) is 0 Å². The summed E-state index contributed by atoms with van der Waals surface area (Å²) in [5.74, 6) is 0. The third kappa shape index (κ3) is 4.92. The number of nitrogens with one attached hydrogen (secondary N) is 1. The van der Waals surface area contributed by atoms with Crippen molar-refractivity contribution in [2.45, 2.75) is 46.3 Å². The van der Waals surface area contributed by atoms with Gasteiger partial charge in [0.2, 0.25) is 0 Å². The highest BCUT2D eigenvalue weighted by Crippen LogP contribution is 2.23. The second kappa shape index (κ2) is 7.01. The number of benzene rings is 1. The molecule has 1 rings (SSSR count). The van der Waals surface area contributed by atoms with Crippen LogP contribution in [0.5, 0.6) is 0 Å². The van der Waals surface area contributed by atoms with Crippen LogP contribution in [0.2, 0.25) is 10.0 Å². The van der Waals surface area contributed by atoms with Gasteiger partial charge in [-0.3, -0.25) is 0 Å². The second-order valence-electron chi connectivity index (χ2n) is 5.07. The van der Waals surface area contributed by atoms with Gasteiger partial charge in [0.05, 0.1) is 10.0 Å². The zero-order chi connectivity index (χ0) is 14.6. The van der Waals surface area contributed by atoms with E-state index in [-0.39, 0.29) is 18.1 Å². The molecule has 0 aliphatic carbocycles. The molecule has 0 saturated carbocycles. The van der Waals surface area contributed by atoms with Crippen LogP contribution in [0.1, 0.15) is 33.3 Å². The summed E-state index contributed by atoms with van der Waals surface area (Å²) in [6, 6.07) is 5.57. The van der Waals surface area contributed by atoms with E-state index in [1.807, 2.05) is 33.8 Å². The fraction of sp³-hybridized carbons (Fsp3) is 0.500. The number of amides is 2. The fourth-order valence-corrected chi connectivity index (χ4v) is 1.97. The molecule has 0 saturated heterocycles. The molecule has 0 bridgehead atoms. The first kappa shape index (κ1) is 16.1. The van der Waals surface area contributed by atoms with Gasteiger partial charge in [-0.25, -0.2) is 4.79 Å². The fourth-order valence-electron chi connectivity index (χ4n) is 1.65. The zero-order valence-corrected chi connectivity index (χ0v) is 13.2. The van der Waals surface area contributed by atoms with E-state index < -0.39 is 0 Å². The number of rotatable bonds is 4. The van der Waals surface area contributed by atoms with Gasteiger partial charge >= 0.3 is 6.03 Å². The van der Waals surface area contributed by atoms with E-state index in [4.69, 9.17) is 23.2 Å². The summed E-state index contributed by atoms with van der Waals surface area (Å²) in [5.41, 5.74) is 0.960. The first-order valence-corrected chi connectivity index (χ1v) is 7.08. The highest BCUT2D eigenvalue weighted by molar-refractivity contribution is 6.42. The van der Waals surface area contributed by atoms with Crippen LogP contribution in [0.15, 0.2) is 18.2 Å². The maximum atomic E-state index is 12.1. The molecule has 3 nitrogen and oxygen atoms in total. The molecule has 0 fully saturated rings. The molecule has 0 unspecified atom stereocenters. The molecule has 106 valence electrons. The molecule has 0 aliphatic heterocycles. The Morgan fingerprint density at radius 3 is 2.32 bits per heavy atom. The number of carbonyl (C=O) groups is 1. The number of nitrogens with zero attached hydrogens (tertiary/aromatic N) is 1. The third-order valence-electron chi connectivity index (χ3n) is 2.63. The van der Waals surface area contributed by atoms with Crippen LogP contribution in [0.25, 0.3) is 0 Å². The normalized spacial score (nSPS) is 10.9. The van der Waals surface area contributed by atoms with Crippen LogP contribution in [0.3, 0.4) is 0 Å². The lowest BCUT2D eigenvalue weighted by Crippen LogP contribution is -2.45. The van der Waals surface area contributed by atoms with Crippen molar-refractivity contribution < 1.29 is 4.79 Å². The first-order chi connectivity index (χ1) is 8.81. The number of carbonyl (C=O) groups excluding carboxylic acids is 1. The molecule has 1 aromatic rings. The highest BCUT2D eigenvalue weighted by atomic mass is 35.5. The topological polar surface area (TPSA) is 32.3 Å². The lowest BCUT2D eigenvalue weighted by atomic mass is 10.2. The Morgan fingerprint density at radius 2 is 1.84 bits per heavy atom. The Morgan fingerprint density at radius 1 is 1.21 bits per heavy atom. The van der Waals surface area contributed by atoms with E-state index in [0.717, 1.165) is 5.56 Å². The average molecular weight is 303 g/mol. The Balaban J connectivity index is 2.83. The summed E-state index contributed by atoms with van der Waals surface area (Å²) < 4.78 is 0.